The predicted octanol–water partition coefficient (Wildman–Crippen LogP) is 2.92. The quantitative estimate of drug-likeness (QED) is 0.764. The topological polar surface area (TPSA) is 29.0 Å². The van der Waals surface area contributed by atoms with Gasteiger partial charge < -0.3 is 4.90 Å². The Hall–Kier alpha value is -0.350. The Morgan fingerprint density at radius 2 is 2.20 bits per heavy atom. The van der Waals surface area contributed by atoms with Gasteiger partial charge in [0.2, 0.25) is 5.13 Å². The Bertz CT molecular complexity index is 272. The lowest BCUT2D eigenvalue weighted by Gasteiger charge is -2.33. The summed E-state index contributed by atoms with van der Waals surface area (Å²) in [6.07, 6.45) is 8.23. The molecule has 2 rings (SSSR count). The van der Waals surface area contributed by atoms with Crippen LogP contribution in [0.5, 0.6) is 0 Å². The summed E-state index contributed by atoms with van der Waals surface area (Å²) in [6.45, 7) is 0.890. The van der Waals surface area contributed by atoms with E-state index in [9.17, 15) is 0 Å². The molecule has 15 heavy (non-hydrogen) atoms. The highest BCUT2D eigenvalue weighted by atomic mass is 35.5. The van der Waals surface area contributed by atoms with E-state index in [1.807, 2.05) is 0 Å². The van der Waals surface area contributed by atoms with Gasteiger partial charge in [-0.1, -0.05) is 19.3 Å². The fraction of sp³-hybridized carbons (Fsp3) is 0.800. The molecule has 1 heterocycles. The van der Waals surface area contributed by atoms with E-state index in [1.165, 1.54) is 43.6 Å². The molecule has 0 radical (unpaired) electrons. The van der Waals surface area contributed by atoms with Crippen molar-refractivity contribution in [2.24, 2.45) is 0 Å². The molecule has 0 saturated heterocycles. The van der Waals surface area contributed by atoms with Crippen molar-refractivity contribution in [3.63, 3.8) is 0 Å². The van der Waals surface area contributed by atoms with Gasteiger partial charge in [-0.15, -0.1) is 11.6 Å². The third-order valence-electron chi connectivity index (χ3n) is 2.94. The van der Waals surface area contributed by atoms with Crippen LogP contribution in [-0.4, -0.2) is 27.8 Å². The molecule has 0 bridgehead atoms. The highest BCUT2D eigenvalue weighted by molar-refractivity contribution is 7.09. The number of halogens is 1. The zero-order valence-corrected chi connectivity index (χ0v) is 10.3. The van der Waals surface area contributed by atoms with Crippen LogP contribution in [0, 0.1) is 0 Å². The molecule has 0 unspecified atom stereocenters. The van der Waals surface area contributed by atoms with E-state index in [0.717, 1.165) is 11.7 Å². The van der Waals surface area contributed by atoms with Gasteiger partial charge in [-0.2, -0.15) is 4.37 Å². The van der Waals surface area contributed by atoms with Crippen molar-refractivity contribution in [3.8, 4) is 0 Å². The molecule has 84 valence electrons. The standard InChI is InChI=1S/C10H16ClN3S/c11-6-7-14(10-12-8-13-15-10)9-4-2-1-3-5-9/h8-9H,1-7H2. The summed E-state index contributed by atoms with van der Waals surface area (Å²) in [5.74, 6) is 0.663. The van der Waals surface area contributed by atoms with Crippen LogP contribution in [-0.2, 0) is 0 Å². The van der Waals surface area contributed by atoms with E-state index in [1.54, 1.807) is 6.33 Å². The van der Waals surface area contributed by atoms with Crippen LogP contribution in [0.15, 0.2) is 6.33 Å². The molecular weight excluding hydrogens is 230 g/mol. The van der Waals surface area contributed by atoms with Gasteiger partial charge in [0.1, 0.15) is 6.33 Å². The molecule has 0 N–H and O–H groups in total. The first-order valence-electron chi connectivity index (χ1n) is 5.51. The molecular formula is C10H16ClN3S. The van der Waals surface area contributed by atoms with Crippen LogP contribution in [0.2, 0.25) is 0 Å². The van der Waals surface area contributed by atoms with E-state index in [4.69, 9.17) is 11.6 Å². The molecule has 0 atom stereocenters. The van der Waals surface area contributed by atoms with Crippen molar-refractivity contribution >= 4 is 28.3 Å². The number of alkyl halides is 1. The van der Waals surface area contributed by atoms with Gasteiger partial charge in [0.15, 0.2) is 0 Å². The van der Waals surface area contributed by atoms with Crippen molar-refractivity contribution in [2.45, 2.75) is 38.1 Å². The molecule has 0 aliphatic heterocycles. The molecule has 1 saturated carbocycles. The summed E-state index contributed by atoms with van der Waals surface area (Å²) in [4.78, 5) is 6.62. The summed E-state index contributed by atoms with van der Waals surface area (Å²) in [6, 6.07) is 0.630. The third-order valence-corrected chi connectivity index (χ3v) is 3.81. The highest BCUT2D eigenvalue weighted by Crippen LogP contribution is 2.27. The van der Waals surface area contributed by atoms with Gasteiger partial charge in [-0.3, -0.25) is 0 Å². The minimum Gasteiger partial charge on any atom is -0.343 e. The Balaban J connectivity index is 2.04. The molecule has 1 aromatic rings. The second-order valence-corrected chi connectivity index (χ2v) is 5.03. The second kappa shape index (κ2) is 5.66. The zero-order chi connectivity index (χ0) is 10.5. The van der Waals surface area contributed by atoms with Gasteiger partial charge in [-0.25, -0.2) is 4.98 Å². The summed E-state index contributed by atoms with van der Waals surface area (Å²) < 4.78 is 4.07. The Labute approximate surface area is 99.6 Å². The normalized spacial score (nSPS) is 17.9. The van der Waals surface area contributed by atoms with Crippen molar-refractivity contribution in [1.82, 2.24) is 9.36 Å². The monoisotopic (exact) mass is 245 g/mol. The van der Waals surface area contributed by atoms with Crippen molar-refractivity contribution < 1.29 is 0 Å². The number of hydrogen-bond donors (Lipinski definition) is 0. The fourth-order valence-corrected chi connectivity index (χ4v) is 3.02. The fourth-order valence-electron chi connectivity index (χ4n) is 2.21. The van der Waals surface area contributed by atoms with E-state index in [0.29, 0.717) is 11.9 Å². The number of hydrogen-bond acceptors (Lipinski definition) is 4. The minimum atomic E-state index is 0.630. The predicted molar refractivity (Wildman–Crippen MR) is 64.8 cm³/mol. The van der Waals surface area contributed by atoms with Gasteiger partial charge in [0, 0.05) is 30.0 Å². The van der Waals surface area contributed by atoms with Crippen molar-refractivity contribution in [2.75, 3.05) is 17.3 Å². The number of rotatable bonds is 4. The third kappa shape index (κ3) is 2.82. The summed E-state index contributed by atoms with van der Waals surface area (Å²) in [5.41, 5.74) is 0. The van der Waals surface area contributed by atoms with Crippen LogP contribution < -0.4 is 4.90 Å². The molecule has 0 amide bonds. The van der Waals surface area contributed by atoms with Gasteiger partial charge in [-0.05, 0) is 12.8 Å². The summed E-state index contributed by atoms with van der Waals surface area (Å²) in [5, 5.41) is 1.03. The maximum Gasteiger partial charge on any atom is 0.205 e. The number of anilines is 1. The number of aromatic nitrogens is 2. The second-order valence-electron chi connectivity index (χ2n) is 3.90. The van der Waals surface area contributed by atoms with Gasteiger partial charge in [0.25, 0.3) is 0 Å². The SMILES string of the molecule is ClCCN(c1ncns1)C1CCCCC1. The van der Waals surface area contributed by atoms with Crippen molar-refractivity contribution in [3.05, 3.63) is 6.33 Å². The molecule has 1 aliphatic rings. The Morgan fingerprint density at radius 1 is 1.40 bits per heavy atom. The smallest absolute Gasteiger partial charge is 0.205 e. The maximum absolute atomic E-state index is 5.85. The zero-order valence-electron chi connectivity index (χ0n) is 8.73. The van der Waals surface area contributed by atoms with Crippen LogP contribution in [0.3, 0.4) is 0 Å². The van der Waals surface area contributed by atoms with E-state index >= 15 is 0 Å². The molecule has 5 heteroatoms. The van der Waals surface area contributed by atoms with Crippen LogP contribution in [0.4, 0.5) is 5.13 Å². The lowest BCUT2D eigenvalue weighted by molar-refractivity contribution is 0.418. The van der Waals surface area contributed by atoms with Crippen molar-refractivity contribution in [1.29, 1.82) is 0 Å². The molecule has 3 nitrogen and oxygen atoms in total. The first-order valence-corrected chi connectivity index (χ1v) is 6.82. The van der Waals surface area contributed by atoms with Gasteiger partial charge in [0.05, 0.1) is 0 Å². The summed E-state index contributed by atoms with van der Waals surface area (Å²) >= 11 is 7.32. The Morgan fingerprint density at radius 3 is 2.80 bits per heavy atom. The lowest BCUT2D eigenvalue weighted by Crippen LogP contribution is -2.38. The number of nitrogens with zero attached hydrogens (tertiary/aromatic N) is 3. The average Bonchev–Trinajstić information content (AvgIpc) is 2.80. The largest absolute Gasteiger partial charge is 0.343 e. The molecule has 0 spiro atoms. The molecule has 1 fully saturated rings. The average molecular weight is 246 g/mol. The first-order chi connectivity index (χ1) is 7.42. The highest BCUT2D eigenvalue weighted by Gasteiger charge is 2.22. The molecule has 0 aromatic carbocycles. The van der Waals surface area contributed by atoms with Crippen LogP contribution in [0.1, 0.15) is 32.1 Å². The van der Waals surface area contributed by atoms with Crippen LogP contribution in [0.25, 0.3) is 0 Å². The molecule has 1 aromatic heterocycles. The molecule has 1 aliphatic carbocycles. The minimum absolute atomic E-state index is 0.630. The first kappa shape index (κ1) is 11.1. The van der Waals surface area contributed by atoms with Gasteiger partial charge >= 0.3 is 0 Å². The lowest BCUT2D eigenvalue weighted by atomic mass is 9.94. The maximum atomic E-state index is 5.85. The van der Waals surface area contributed by atoms with E-state index in [2.05, 4.69) is 14.3 Å². The van der Waals surface area contributed by atoms with Crippen LogP contribution >= 0.6 is 23.1 Å². The van der Waals surface area contributed by atoms with E-state index < -0.39 is 0 Å². The Kier molecular flexibility index (Phi) is 4.20. The summed E-state index contributed by atoms with van der Waals surface area (Å²) in [7, 11) is 0. The van der Waals surface area contributed by atoms with E-state index in [-0.39, 0.29) is 0 Å².